The molecule has 2 aromatic heterocycles. The van der Waals surface area contributed by atoms with Crippen molar-refractivity contribution < 1.29 is 13.8 Å². The van der Waals surface area contributed by atoms with Crippen molar-refractivity contribution in [1.29, 1.82) is 0 Å². The molecule has 1 atom stereocenters. The number of carbonyl (C=O) groups excluding carboxylic acids is 1. The first-order chi connectivity index (χ1) is 13.9. The molecule has 7 nitrogen and oxygen atoms in total. The van der Waals surface area contributed by atoms with Gasteiger partial charge in [-0.25, -0.2) is 4.79 Å². The Morgan fingerprint density at radius 1 is 1.17 bits per heavy atom. The Morgan fingerprint density at radius 2 is 1.90 bits per heavy atom. The molecule has 0 saturated carbocycles. The van der Waals surface area contributed by atoms with Crippen LogP contribution in [0, 0.1) is 20.8 Å². The zero-order chi connectivity index (χ0) is 20.5. The largest absolute Gasteiger partial charge is 0.359 e. The van der Waals surface area contributed by atoms with Crippen LogP contribution in [0.1, 0.15) is 52.9 Å². The highest BCUT2D eigenvalue weighted by Gasteiger charge is 2.35. The van der Waals surface area contributed by atoms with Crippen LogP contribution in [-0.2, 0) is 6.42 Å². The zero-order valence-electron chi connectivity index (χ0n) is 16.7. The van der Waals surface area contributed by atoms with Crippen LogP contribution < -0.4 is 5.32 Å². The Morgan fingerprint density at radius 3 is 2.59 bits per heavy atom. The van der Waals surface area contributed by atoms with Crippen LogP contribution in [0.3, 0.4) is 0 Å². The van der Waals surface area contributed by atoms with E-state index in [2.05, 4.69) is 15.6 Å². The lowest BCUT2D eigenvalue weighted by Gasteiger charge is -2.24. The van der Waals surface area contributed by atoms with Crippen molar-refractivity contribution in [3.05, 3.63) is 63.3 Å². The van der Waals surface area contributed by atoms with E-state index in [4.69, 9.17) is 20.6 Å². The molecule has 0 bridgehead atoms. The highest BCUT2D eigenvalue weighted by atomic mass is 35.5. The fraction of sp³-hybridized carbons (Fsp3) is 0.381. The molecule has 29 heavy (non-hydrogen) atoms. The van der Waals surface area contributed by atoms with Gasteiger partial charge in [-0.1, -0.05) is 34.0 Å². The minimum absolute atomic E-state index is 0.154. The van der Waals surface area contributed by atoms with Crippen molar-refractivity contribution >= 4 is 23.3 Å². The Balaban J connectivity index is 1.57. The smallest absolute Gasteiger partial charge is 0.322 e. The lowest BCUT2D eigenvalue weighted by atomic mass is 9.99. The highest BCUT2D eigenvalue weighted by molar-refractivity contribution is 6.30. The molecule has 1 aliphatic heterocycles. The standard InChI is InChI=1S/C21H23ClN4O3/c1-12-17(11-15-6-8-16(22)9-7-15)20(29-24-12)18-5-4-10-26(18)21(27)23-19-13(2)25-28-14(19)3/h6-9,18H,4-5,10-11H2,1-3H3,(H,23,27)/t18-/m1/s1. The maximum absolute atomic E-state index is 13.0. The van der Waals surface area contributed by atoms with Crippen LogP contribution >= 0.6 is 11.6 Å². The molecule has 0 unspecified atom stereocenters. The van der Waals surface area contributed by atoms with Gasteiger partial charge in [0, 0.05) is 23.6 Å². The third-order valence-electron chi connectivity index (χ3n) is 5.39. The summed E-state index contributed by atoms with van der Waals surface area (Å²) in [6.07, 6.45) is 2.41. The Labute approximate surface area is 174 Å². The summed E-state index contributed by atoms with van der Waals surface area (Å²) in [5.41, 5.74) is 4.26. The van der Waals surface area contributed by atoms with Gasteiger partial charge in [0.05, 0.1) is 11.7 Å². The third kappa shape index (κ3) is 3.87. The van der Waals surface area contributed by atoms with Gasteiger partial charge in [-0.05, 0) is 51.3 Å². The first kappa shape index (κ1) is 19.5. The van der Waals surface area contributed by atoms with Gasteiger partial charge < -0.3 is 19.3 Å². The SMILES string of the molecule is Cc1noc([C@H]2CCCN2C(=O)Nc2c(C)noc2C)c1Cc1ccc(Cl)cc1. The predicted octanol–water partition coefficient (Wildman–Crippen LogP) is 5.20. The minimum Gasteiger partial charge on any atom is -0.359 e. The predicted molar refractivity (Wildman–Crippen MR) is 109 cm³/mol. The molecule has 152 valence electrons. The van der Waals surface area contributed by atoms with Gasteiger partial charge in [0.2, 0.25) is 0 Å². The summed E-state index contributed by atoms with van der Waals surface area (Å²) in [6.45, 7) is 6.17. The number of nitrogens with one attached hydrogen (secondary N) is 1. The molecule has 1 N–H and O–H groups in total. The number of nitrogens with zero attached hydrogens (tertiary/aromatic N) is 3. The summed E-state index contributed by atoms with van der Waals surface area (Å²) < 4.78 is 10.9. The first-order valence-electron chi connectivity index (χ1n) is 9.64. The number of hydrogen-bond acceptors (Lipinski definition) is 5. The normalized spacial score (nSPS) is 16.4. The van der Waals surface area contributed by atoms with E-state index in [0.29, 0.717) is 35.1 Å². The van der Waals surface area contributed by atoms with Gasteiger partial charge in [0.1, 0.15) is 11.4 Å². The number of hydrogen-bond donors (Lipinski definition) is 1. The van der Waals surface area contributed by atoms with Gasteiger partial charge in [0.25, 0.3) is 0 Å². The second kappa shape index (κ2) is 7.91. The van der Waals surface area contributed by atoms with E-state index in [-0.39, 0.29) is 12.1 Å². The highest BCUT2D eigenvalue weighted by Crippen LogP contribution is 2.36. The Hall–Kier alpha value is -2.80. The molecule has 2 amide bonds. The molecular formula is C21H23ClN4O3. The van der Waals surface area contributed by atoms with Crippen LogP contribution in [-0.4, -0.2) is 27.8 Å². The lowest BCUT2D eigenvalue weighted by molar-refractivity contribution is 0.195. The van der Waals surface area contributed by atoms with Crippen molar-refractivity contribution in [2.24, 2.45) is 0 Å². The van der Waals surface area contributed by atoms with Gasteiger partial charge >= 0.3 is 6.03 Å². The summed E-state index contributed by atoms with van der Waals surface area (Å²) in [7, 11) is 0. The number of aryl methyl sites for hydroxylation is 3. The van der Waals surface area contributed by atoms with Crippen LogP contribution in [0.15, 0.2) is 33.3 Å². The number of urea groups is 1. The number of halogens is 1. The molecule has 3 aromatic rings. The summed E-state index contributed by atoms with van der Waals surface area (Å²) in [5, 5.41) is 11.7. The van der Waals surface area contributed by atoms with Crippen molar-refractivity contribution in [2.75, 3.05) is 11.9 Å². The van der Waals surface area contributed by atoms with Crippen molar-refractivity contribution in [2.45, 2.75) is 46.1 Å². The number of benzene rings is 1. The molecule has 0 spiro atoms. The lowest BCUT2D eigenvalue weighted by Crippen LogP contribution is -2.34. The summed E-state index contributed by atoms with van der Waals surface area (Å²) in [6, 6.07) is 7.40. The summed E-state index contributed by atoms with van der Waals surface area (Å²) >= 11 is 6.00. The second-order valence-corrected chi connectivity index (χ2v) is 7.83. The molecule has 1 fully saturated rings. The van der Waals surface area contributed by atoms with E-state index >= 15 is 0 Å². The van der Waals surface area contributed by atoms with E-state index < -0.39 is 0 Å². The topological polar surface area (TPSA) is 84.4 Å². The fourth-order valence-corrected chi connectivity index (χ4v) is 3.94. The van der Waals surface area contributed by atoms with Gasteiger partial charge in [-0.3, -0.25) is 0 Å². The third-order valence-corrected chi connectivity index (χ3v) is 5.64. The van der Waals surface area contributed by atoms with Crippen LogP contribution in [0.2, 0.25) is 5.02 Å². The average molecular weight is 415 g/mol. The molecule has 8 heteroatoms. The van der Waals surface area contributed by atoms with Crippen LogP contribution in [0.5, 0.6) is 0 Å². The fourth-order valence-electron chi connectivity index (χ4n) is 3.81. The number of rotatable bonds is 4. The van der Waals surface area contributed by atoms with Crippen molar-refractivity contribution in [3.8, 4) is 0 Å². The number of amides is 2. The van der Waals surface area contributed by atoms with E-state index in [1.165, 1.54) is 0 Å². The molecule has 4 rings (SSSR count). The zero-order valence-corrected chi connectivity index (χ0v) is 17.4. The molecular weight excluding hydrogens is 392 g/mol. The molecule has 3 heterocycles. The second-order valence-electron chi connectivity index (χ2n) is 7.39. The van der Waals surface area contributed by atoms with Crippen LogP contribution in [0.4, 0.5) is 10.5 Å². The van der Waals surface area contributed by atoms with Crippen molar-refractivity contribution in [3.63, 3.8) is 0 Å². The quantitative estimate of drug-likeness (QED) is 0.634. The average Bonchev–Trinajstić information content (AvgIpc) is 3.40. The maximum Gasteiger partial charge on any atom is 0.322 e. The molecule has 0 aliphatic carbocycles. The van der Waals surface area contributed by atoms with E-state index in [9.17, 15) is 4.79 Å². The van der Waals surface area contributed by atoms with Gasteiger partial charge in [-0.2, -0.15) is 0 Å². The Kier molecular flexibility index (Phi) is 5.32. The van der Waals surface area contributed by atoms with E-state index in [1.807, 2.05) is 31.2 Å². The van der Waals surface area contributed by atoms with E-state index in [0.717, 1.165) is 35.4 Å². The monoisotopic (exact) mass is 414 g/mol. The molecule has 1 saturated heterocycles. The van der Waals surface area contributed by atoms with E-state index in [1.54, 1.807) is 18.7 Å². The van der Waals surface area contributed by atoms with Gasteiger partial charge in [0.15, 0.2) is 11.5 Å². The Bertz CT molecular complexity index is 1010. The van der Waals surface area contributed by atoms with Crippen molar-refractivity contribution in [1.82, 2.24) is 15.2 Å². The molecule has 1 aliphatic rings. The molecule has 1 aromatic carbocycles. The maximum atomic E-state index is 13.0. The number of aromatic nitrogens is 2. The number of carbonyl (C=O) groups is 1. The first-order valence-corrected chi connectivity index (χ1v) is 10.0. The molecule has 0 radical (unpaired) electrons. The minimum atomic E-state index is -0.187. The number of anilines is 1. The number of likely N-dealkylation sites (tertiary alicyclic amines) is 1. The van der Waals surface area contributed by atoms with Gasteiger partial charge in [-0.15, -0.1) is 0 Å². The summed E-state index contributed by atoms with van der Waals surface area (Å²) in [4.78, 5) is 14.8. The summed E-state index contributed by atoms with van der Waals surface area (Å²) in [5.74, 6) is 1.34. The van der Waals surface area contributed by atoms with Crippen LogP contribution in [0.25, 0.3) is 0 Å².